The summed E-state index contributed by atoms with van der Waals surface area (Å²) in [5, 5.41) is 3.61. The summed E-state index contributed by atoms with van der Waals surface area (Å²) in [6, 6.07) is 1.49. The average Bonchev–Trinajstić information content (AvgIpc) is 2.38. The second-order valence-electron chi connectivity index (χ2n) is 4.84. The van der Waals surface area contributed by atoms with E-state index in [-0.39, 0.29) is 0 Å². The normalized spacial score (nSPS) is 28.5. The molecule has 0 aromatic heterocycles. The molecule has 0 aromatic rings. The molecule has 2 aliphatic heterocycles. The molecule has 16 heavy (non-hydrogen) atoms. The van der Waals surface area contributed by atoms with Gasteiger partial charge in [0.15, 0.2) is 0 Å². The highest BCUT2D eigenvalue weighted by atomic mass is 32.2. The van der Waals surface area contributed by atoms with Crippen molar-refractivity contribution in [3.8, 4) is 0 Å². The molecule has 0 aliphatic carbocycles. The van der Waals surface area contributed by atoms with Gasteiger partial charge in [0, 0.05) is 43.3 Å². The van der Waals surface area contributed by atoms with Crippen LogP contribution in [0.3, 0.4) is 0 Å². The van der Waals surface area contributed by atoms with Gasteiger partial charge in [-0.3, -0.25) is 0 Å². The molecule has 1 unspecified atom stereocenters. The number of nitrogens with zero attached hydrogens (tertiary/aromatic N) is 1. The van der Waals surface area contributed by atoms with Crippen molar-refractivity contribution >= 4 is 11.8 Å². The summed E-state index contributed by atoms with van der Waals surface area (Å²) in [5.41, 5.74) is 0. The third-order valence-electron chi connectivity index (χ3n) is 3.64. The number of hydrogen-bond donors (Lipinski definition) is 1. The number of thioether (sulfide) groups is 1. The van der Waals surface area contributed by atoms with E-state index in [0.29, 0.717) is 0 Å². The van der Waals surface area contributed by atoms with Gasteiger partial charge in [-0.2, -0.15) is 11.8 Å². The molecule has 0 bridgehead atoms. The molecule has 2 fully saturated rings. The van der Waals surface area contributed by atoms with Crippen molar-refractivity contribution in [3.05, 3.63) is 0 Å². The largest absolute Gasteiger partial charge is 0.381 e. The number of ether oxygens (including phenoxy) is 1. The first kappa shape index (κ1) is 12.7. The fraction of sp³-hybridized carbons (Fsp3) is 1.00. The molecule has 0 saturated carbocycles. The molecule has 2 rings (SSSR count). The van der Waals surface area contributed by atoms with Gasteiger partial charge in [-0.1, -0.05) is 0 Å². The molecule has 0 spiro atoms. The summed E-state index contributed by atoms with van der Waals surface area (Å²) in [5.74, 6) is 2.58. The van der Waals surface area contributed by atoms with E-state index in [9.17, 15) is 0 Å². The predicted molar refractivity (Wildman–Crippen MR) is 70.2 cm³/mol. The molecule has 1 N–H and O–H groups in total. The molecule has 3 nitrogen and oxygen atoms in total. The molecule has 94 valence electrons. The zero-order valence-electron chi connectivity index (χ0n) is 10.3. The van der Waals surface area contributed by atoms with Gasteiger partial charge in [0.05, 0.1) is 0 Å². The summed E-state index contributed by atoms with van der Waals surface area (Å²) in [7, 11) is 2.27. The van der Waals surface area contributed by atoms with Crippen molar-refractivity contribution in [2.75, 3.05) is 44.9 Å². The smallest absolute Gasteiger partial charge is 0.0480 e. The molecule has 0 radical (unpaired) electrons. The van der Waals surface area contributed by atoms with Gasteiger partial charge in [0.25, 0.3) is 0 Å². The summed E-state index contributed by atoms with van der Waals surface area (Å²) < 4.78 is 5.40. The second kappa shape index (κ2) is 6.84. The molecular weight excluding hydrogens is 220 g/mol. The Morgan fingerprint density at radius 1 is 1.38 bits per heavy atom. The van der Waals surface area contributed by atoms with E-state index in [1.165, 1.54) is 43.9 Å². The minimum absolute atomic E-state index is 0.737. The molecule has 2 heterocycles. The average molecular weight is 244 g/mol. The Morgan fingerprint density at radius 2 is 2.19 bits per heavy atom. The van der Waals surface area contributed by atoms with Crippen molar-refractivity contribution < 1.29 is 4.74 Å². The van der Waals surface area contributed by atoms with Gasteiger partial charge in [-0.25, -0.2) is 0 Å². The lowest BCUT2D eigenvalue weighted by molar-refractivity contribution is 0.0421. The highest BCUT2D eigenvalue weighted by Gasteiger charge is 2.20. The Bertz CT molecular complexity index is 191. The van der Waals surface area contributed by atoms with Gasteiger partial charge in [-0.15, -0.1) is 0 Å². The van der Waals surface area contributed by atoms with Crippen LogP contribution in [-0.2, 0) is 4.74 Å². The van der Waals surface area contributed by atoms with Crippen LogP contribution < -0.4 is 5.32 Å². The van der Waals surface area contributed by atoms with Crippen LogP contribution in [0, 0.1) is 0 Å². The van der Waals surface area contributed by atoms with Crippen LogP contribution in [0.2, 0.25) is 0 Å². The van der Waals surface area contributed by atoms with Crippen LogP contribution in [0.25, 0.3) is 0 Å². The third-order valence-corrected chi connectivity index (χ3v) is 4.77. The zero-order chi connectivity index (χ0) is 11.2. The van der Waals surface area contributed by atoms with Crippen molar-refractivity contribution in [1.29, 1.82) is 0 Å². The van der Waals surface area contributed by atoms with Crippen molar-refractivity contribution in [2.45, 2.75) is 31.3 Å². The van der Waals surface area contributed by atoms with Crippen LogP contribution in [-0.4, -0.2) is 61.8 Å². The minimum Gasteiger partial charge on any atom is -0.381 e. The van der Waals surface area contributed by atoms with Gasteiger partial charge in [0.1, 0.15) is 0 Å². The van der Waals surface area contributed by atoms with Gasteiger partial charge in [0.2, 0.25) is 0 Å². The van der Waals surface area contributed by atoms with Crippen LogP contribution in [0.15, 0.2) is 0 Å². The highest BCUT2D eigenvalue weighted by molar-refractivity contribution is 7.99. The van der Waals surface area contributed by atoms with Crippen LogP contribution in [0.5, 0.6) is 0 Å². The maximum Gasteiger partial charge on any atom is 0.0480 e. The van der Waals surface area contributed by atoms with E-state index in [2.05, 4.69) is 29.0 Å². The predicted octanol–water partition coefficient (Wildman–Crippen LogP) is 1.19. The second-order valence-corrected chi connectivity index (χ2v) is 5.99. The first-order valence-corrected chi connectivity index (χ1v) is 7.61. The molecule has 0 amide bonds. The Kier molecular flexibility index (Phi) is 5.42. The first-order chi connectivity index (χ1) is 7.86. The van der Waals surface area contributed by atoms with Crippen molar-refractivity contribution in [3.63, 3.8) is 0 Å². The van der Waals surface area contributed by atoms with E-state index >= 15 is 0 Å². The van der Waals surface area contributed by atoms with Crippen LogP contribution in [0.1, 0.15) is 19.3 Å². The Hall–Kier alpha value is 0.230. The lowest BCUT2D eigenvalue weighted by atomic mass is 10.1. The van der Waals surface area contributed by atoms with Crippen LogP contribution >= 0.6 is 11.8 Å². The fourth-order valence-corrected chi connectivity index (χ4v) is 3.47. The summed E-state index contributed by atoms with van der Waals surface area (Å²) in [4.78, 5) is 2.53. The monoisotopic (exact) mass is 244 g/mol. The van der Waals surface area contributed by atoms with E-state index < -0.39 is 0 Å². The topological polar surface area (TPSA) is 24.5 Å². The molecule has 4 heteroatoms. The third kappa shape index (κ3) is 3.91. The lowest BCUT2D eigenvalue weighted by Gasteiger charge is -2.33. The van der Waals surface area contributed by atoms with E-state index in [0.717, 1.165) is 25.3 Å². The number of rotatable bonds is 4. The Balaban J connectivity index is 1.63. The number of hydrogen-bond acceptors (Lipinski definition) is 4. The molecular formula is C12H24N2OS. The van der Waals surface area contributed by atoms with E-state index in [4.69, 9.17) is 4.74 Å². The SMILES string of the molecule is CN(CCC1CSCCN1)C1CCOCC1. The summed E-state index contributed by atoms with van der Waals surface area (Å²) >= 11 is 2.09. The quantitative estimate of drug-likeness (QED) is 0.803. The summed E-state index contributed by atoms with van der Waals surface area (Å²) in [6.07, 6.45) is 3.72. The van der Waals surface area contributed by atoms with E-state index in [1.807, 2.05) is 0 Å². The lowest BCUT2D eigenvalue weighted by Crippen LogP contribution is -2.42. The highest BCUT2D eigenvalue weighted by Crippen LogP contribution is 2.15. The fourth-order valence-electron chi connectivity index (χ4n) is 2.47. The summed E-state index contributed by atoms with van der Waals surface area (Å²) in [6.45, 7) is 4.32. The molecule has 0 aromatic carbocycles. The van der Waals surface area contributed by atoms with Crippen molar-refractivity contribution in [1.82, 2.24) is 10.2 Å². The maximum atomic E-state index is 5.40. The molecule has 1 atom stereocenters. The molecule has 2 saturated heterocycles. The minimum atomic E-state index is 0.737. The maximum absolute atomic E-state index is 5.40. The van der Waals surface area contributed by atoms with E-state index in [1.54, 1.807) is 0 Å². The Labute approximate surface area is 103 Å². The van der Waals surface area contributed by atoms with Gasteiger partial charge in [-0.05, 0) is 32.9 Å². The first-order valence-electron chi connectivity index (χ1n) is 6.45. The van der Waals surface area contributed by atoms with Crippen molar-refractivity contribution in [2.24, 2.45) is 0 Å². The standard InChI is InChI=1S/C12H24N2OS/c1-14(12-3-7-15-8-4-12)6-2-11-10-16-9-5-13-11/h11-13H,2-10H2,1H3. The number of nitrogens with one attached hydrogen (secondary N) is 1. The zero-order valence-corrected chi connectivity index (χ0v) is 11.1. The van der Waals surface area contributed by atoms with Gasteiger partial charge >= 0.3 is 0 Å². The van der Waals surface area contributed by atoms with Gasteiger partial charge < -0.3 is 15.0 Å². The van der Waals surface area contributed by atoms with Crippen LogP contribution in [0.4, 0.5) is 0 Å². The Morgan fingerprint density at radius 3 is 2.88 bits per heavy atom. The molecule has 2 aliphatic rings.